The van der Waals surface area contributed by atoms with Crippen molar-refractivity contribution < 1.29 is 14.0 Å². The zero-order valence-corrected chi connectivity index (χ0v) is 15.1. The number of hydrogen-bond donors (Lipinski definition) is 3. The zero-order valence-electron chi connectivity index (χ0n) is 15.1. The van der Waals surface area contributed by atoms with Crippen LogP contribution in [0.25, 0.3) is 11.1 Å². The highest BCUT2D eigenvalue weighted by Crippen LogP contribution is 2.20. The maximum atomic E-state index is 12.5. The van der Waals surface area contributed by atoms with Crippen LogP contribution in [0.3, 0.4) is 0 Å². The van der Waals surface area contributed by atoms with E-state index in [-0.39, 0.29) is 23.8 Å². The SMILES string of the molecule is Nc1[nH]ncc1C(=O)Nc1ccc2oc(=O)n(CC(=O)N3CCCCC3)c2c1. The van der Waals surface area contributed by atoms with Crippen molar-refractivity contribution >= 4 is 34.4 Å². The Bertz CT molecular complexity index is 1090. The largest absolute Gasteiger partial charge is 0.420 e. The predicted molar refractivity (Wildman–Crippen MR) is 102 cm³/mol. The van der Waals surface area contributed by atoms with Crippen molar-refractivity contribution in [2.24, 2.45) is 0 Å². The number of H-pyrrole nitrogens is 1. The van der Waals surface area contributed by atoms with Gasteiger partial charge in [0.1, 0.15) is 17.9 Å². The van der Waals surface area contributed by atoms with Gasteiger partial charge in [-0.05, 0) is 37.5 Å². The minimum atomic E-state index is -0.608. The lowest BCUT2D eigenvalue weighted by molar-refractivity contribution is -0.132. The molecule has 3 heterocycles. The first-order valence-electron chi connectivity index (χ1n) is 9.04. The topological polar surface area (TPSA) is 139 Å². The minimum absolute atomic E-state index is 0.0993. The molecule has 4 rings (SSSR count). The fourth-order valence-electron chi connectivity index (χ4n) is 3.34. The second kappa shape index (κ2) is 7.22. The monoisotopic (exact) mass is 384 g/mol. The molecule has 146 valence electrons. The molecule has 2 amide bonds. The number of likely N-dealkylation sites (tertiary alicyclic amines) is 1. The quantitative estimate of drug-likeness (QED) is 0.617. The summed E-state index contributed by atoms with van der Waals surface area (Å²) in [5, 5.41) is 8.91. The Morgan fingerprint density at radius 2 is 2.04 bits per heavy atom. The number of hydrogen-bond acceptors (Lipinski definition) is 6. The molecule has 2 aromatic heterocycles. The summed E-state index contributed by atoms with van der Waals surface area (Å²) in [5.41, 5.74) is 7.10. The molecular weight excluding hydrogens is 364 g/mol. The molecule has 0 bridgehead atoms. The predicted octanol–water partition coefficient (Wildman–Crippen LogP) is 1.16. The van der Waals surface area contributed by atoms with E-state index >= 15 is 0 Å². The van der Waals surface area contributed by atoms with Gasteiger partial charge in [0, 0.05) is 18.8 Å². The normalized spacial score (nSPS) is 14.4. The third-order valence-electron chi connectivity index (χ3n) is 4.84. The van der Waals surface area contributed by atoms with Gasteiger partial charge in [-0.1, -0.05) is 0 Å². The van der Waals surface area contributed by atoms with Crippen molar-refractivity contribution in [3.63, 3.8) is 0 Å². The summed E-state index contributed by atoms with van der Waals surface area (Å²) in [6, 6.07) is 4.78. The Balaban J connectivity index is 1.59. The number of benzene rings is 1. The molecule has 0 saturated carbocycles. The average Bonchev–Trinajstić information content (AvgIpc) is 3.26. The Hall–Kier alpha value is -3.56. The van der Waals surface area contributed by atoms with E-state index in [1.165, 1.54) is 10.8 Å². The highest BCUT2D eigenvalue weighted by molar-refractivity contribution is 6.07. The van der Waals surface area contributed by atoms with Gasteiger partial charge in [0.2, 0.25) is 5.91 Å². The number of anilines is 2. The lowest BCUT2D eigenvalue weighted by Gasteiger charge is -2.26. The van der Waals surface area contributed by atoms with E-state index in [0.717, 1.165) is 19.3 Å². The van der Waals surface area contributed by atoms with E-state index in [0.29, 0.717) is 29.9 Å². The third kappa shape index (κ3) is 3.36. The van der Waals surface area contributed by atoms with Crippen LogP contribution in [-0.4, -0.2) is 44.6 Å². The molecule has 0 atom stereocenters. The summed E-state index contributed by atoms with van der Waals surface area (Å²) in [5.74, 6) is -1.01. The summed E-state index contributed by atoms with van der Waals surface area (Å²) in [4.78, 5) is 38.8. The van der Waals surface area contributed by atoms with Gasteiger partial charge in [0.25, 0.3) is 5.91 Å². The fraction of sp³-hybridized carbons (Fsp3) is 0.333. The molecule has 4 N–H and O–H groups in total. The molecule has 0 spiro atoms. The van der Waals surface area contributed by atoms with Gasteiger partial charge in [-0.25, -0.2) is 4.79 Å². The van der Waals surface area contributed by atoms with E-state index in [4.69, 9.17) is 10.2 Å². The molecule has 1 aliphatic rings. The van der Waals surface area contributed by atoms with Crippen LogP contribution in [0, 0.1) is 0 Å². The summed E-state index contributed by atoms with van der Waals surface area (Å²) in [6.45, 7) is 1.31. The first kappa shape index (κ1) is 17.8. The number of rotatable bonds is 4. The molecule has 1 saturated heterocycles. The Morgan fingerprint density at radius 3 is 2.75 bits per heavy atom. The lowest BCUT2D eigenvalue weighted by Crippen LogP contribution is -2.39. The van der Waals surface area contributed by atoms with Gasteiger partial charge >= 0.3 is 5.76 Å². The number of amides is 2. The molecule has 10 nitrogen and oxygen atoms in total. The molecule has 10 heteroatoms. The molecule has 1 aliphatic heterocycles. The van der Waals surface area contributed by atoms with E-state index in [2.05, 4.69) is 15.5 Å². The van der Waals surface area contributed by atoms with E-state index < -0.39 is 11.7 Å². The minimum Gasteiger partial charge on any atom is -0.408 e. The summed E-state index contributed by atoms with van der Waals surface area (Å²) in [6.07, 6.45) is 4.39. The number of oxazole rings is 1. The number of aromatic amines is 1. The van der Waals surface area contributed by atoms with Crippen LogP contribution >= 0.6 is 0 Å². The number of nitrogens with one attached hydrogen (secondary N) is 2. The van der Waals surface area contributed by atoms with Crippen LogP contribution in [0.5, 0.6) is 0 Å². The van der Waals surface area contributed by atoms with Crippen molar-refractivity contribution in [2.45, 2.75) is 25.8 Å². The molecule has 3 aromatic rings. The van der Waals surface area contributed by atoms with Gasteiger partial charge in [0.05, 0.1) is 11.7 Å². The summed E-state index contributed by atoms with van der Waals surface area (Å²) < 4.78 is 6.51. The molecule has 1 fully saturated rings. The van der Waals surface area contributed by atoms with Crippen molar-refractivity contribution in [2.75, 3.05) is 24.1 Å². The van der Waals surface area contributed by atoms with Crippen LogP contribution in [-0.2, 0) is 11.3 Å². The number of carbonyl (C=O) groups excluding carboxylic acids is 2. The van der Waals surface area contributed by atoms with Gasteiger partial charge in [-0.2, -0.15) is 5.10 Å². The standard InChI is InChI=1S/C18H20N6O4/c19-16-12(9-20-22-16)17(26)21-11-4-5-14-13(8-11)24(18(27)28-14)10-15(25)23-6-2-1-3-7-23/h4-5,8-9H,1-3,6-7,10H2,(H,21,26)(H3,19,20,22). The van der Waals surface area contributed by atoms with Gasteiger partial charge in [0.15, 0.2) is 5.58 Å². The van der Waals surface area contributed by atoms with E-state index in [1.54, 1.807) is 23.1 Å². The number of nitrogen functional groups attached to an aromatic ring is 1. The van der Waals surface area contributed by atoms with Crippen LogP contribution < -0.4 is 16.8 Å². The molecule has 1 aromatic carbocycles. The Labute approximate surface area is 159 Å². The smallest absolute Gasteiger partial charge is 0.408 e. The molecule has 0 unspecified atom stereocenters. The average molecular weight is 384 g/mol. The molecule has 28 heavy (non-hydrogen) atoms. The number of nitrogens with zero attached hydrogens (tertiary/aromatic N) is 3. The Morgan fingerprint density at radius 1 is 1.25 bits per heavy atom. The zero-order chi connectivity index (χ0) is 19.7. The number of aromatic nitrogens is 3. The molecular formula is C18H20N6O4. The maximum Gasteiger partial charge on any atom is 0.420 e. The number of carbonyl (C=O) groups is 2. The number of piperidine rings is 1. The van der Waals surface area contributed by atoms with Crippen LogP contribution in [0.2, 0.25) is 0 Å². The molecule has 0 radical (unpaired) electrons. The number of fused-ring (bicyclic) bond motifs is 1. The maximum absolute atomic E-state index is 12.5. The van der Waals surface area contributed by atoms with Crippen molar-refractivity contribution in [1.29, 1.82) is 0 Å². The van der Waals surface area contributed by atoms with Crippen LogP contribution in [0.4, 0.5) is 11.5 Å². The fourth-order valence-corrected chi connectivity index (χ4v) is 3.34. The summed E-state index contributed by atoms with van der Waals surface area (Å²) >= 11 is 0. The Kier molecular flexibility index (Phi) is 4.60. The highest BCUT2D eigenvalue weighted by atomic mass is 16.4. The second-order valence-electron chi connectivity index (χ2n) is 6.73. The van der Waals surface area contributed by atoms with Crippen molar-refractivity contribution in [3.8, 4) is 0 Å². The van der Waals surface area contributed by atoms with Crippen molar-refractivity contribution in [1.82, 2.24) is 19.7 Å². The van der Waals surface area contributed by atoms with Gasteiger partial charge in [-0.15, -0.1) is 0 Å². The number of nitrogens with two attached hydrogens (primary N) is 1. The summed E-state index contributed by atoms with van der Waals surface area (Å²) in [7, 11) is 0. The van der Waals surface area contributed by atoms with Crippen molar-refractivity contribution in [3.05, 3.63) is 40.5 Å². The van der Waals surface area contributed by atoms with Gasteiger partial charge in [-0.3, -0.25) is 19.3 Å². The third-order valence-corrected chi connectivity index (χ3v) is 4.84. The first-order valence-corrected chi connectivity index (χ1v) is 9.04. The lowest BCUT2D eigenvalue weighted by atomic mass is 10.1. The van der Waals surface area contributed by atoms with Crippen LogP contribution in [0.15, 0.2) is 33.6 Å². The van der Waals surface area contributed by atoms with Crippen LogP contribution in [0.1, 0.15) is 29.6 Å². The second-order valence-corrected chi connectivity index (χ2v) is 6.73. The molecule has 0 aliphatic carbocycles. The highest BCUT2D eigenvalue weighted by Gasteiger charge is 2.20. The van der Waals surface area contributed by atoms with E-state index in [9.17, 15) is 14.4 Å². The van der Waals surface area contributed by atoms with E-state index in [1.807, 2.05) is 0 Å². The van der Waals surface area contributed by atoms with Gasteiger partial charge < -0.3 is 20.4 Å². The first-order chi connectivity index (χ1) is 13.5.